The van der Waals surface area contributed by atoms with Crippen LogP contribution < -0.4 is 5.32 Å². The van der Waals surface area contributed by atoms with Gasteiger partial charge in [-0.2, -0.15) is 0 Å². The van der Waals surface area contributed by atoms with Gasteiger partial charge in [0.15, 0.2) is 0 Å². The van der Waals surface area contributed by atoms with Crippen molar-refractivity contribution in [1.82, 2.24) is 0 Å². The molecule has 2 aliphatic carbocycles. The molecule has 6 nitrogen and oxygen atoms in total. The lowest BCUT2D eigenvalue weighted by molar-refractivity contribution is -0.147. The summed E-state index contributed by atoms with van der Waals surface area (Å²) in [4.78, 5) is 50.4. The van der Waals surface area contributed by atoms with E-state index in [1.165, 1.54) is 0 Å². The van der Waals surface area contributed by atoms with E-state index in [1.807, 2.05) is 27.7 Å². The molecule has 1 aromatic carbocycles. The highest BCUT2D eigenvalue weighted by Gasteiger charge is 2.77. The fourth-order valence-corrected chi connectivity index (χ4v) is 4.53. The molecule has 1 N–H and O–H groups in total. The number of rotatable bonds is 5. The quantitative estimate of drug-likeness (QED) is 0.477. The Morgan fingerprint density at radius 1 is 1.04 bits per heavy atom. The van der Waals surface area contributed by atoms with E-state index in [-0.39, 0.29) is 5.92 Å². The zero-order valence-electron chi connectivity index (χ0n) is 17.0. The molecule has 2 fully saturated rings. The zero-order chi connectivity index (χ0) is 20.9. The number of fused-ring (bicyclic) bond motifs is 2. The Morgan fingerprint density at radius 2 is 1.64 bits per heavy atom. The molecular formula is C22H27NO5. The number of ketones is 2. The summed E-state index contributed by atoms with van der Waals surface area (Å²) in [6, 6.07) is 6.34. The zero-order valence-corrected chi connectivity index (χ0v) is 17.0. The number of amides is 1. The minimum absolute atomic E-state index is 0.244. The summed E-state index contributed by atoms with van der Waals surface area (Å²) in [6.45, 7) is 9.69. The molecular weight excluding hydrogens is 358 g/mol. The van der Waals surface area contributed by atoms with Crippen molar-refractivity contribution in [2.75, 3.05) is 11.9 Å². The van der Waals surface area contributed by atoms with Crippen molar-refractivity contribution in [3.05, 3.63) is 29.8 Å². The maximum atomic E-state index is 13.1. The van der Waals surface area contributed by atoms with Crippen LogP contribution in [0.2, 0.25) is 0 Å². The molecule has 0 saturated heterocycles. The van der Waals surface area contributed by atoms with Gasteiger partial charge in [-0.1, -0.05) is 34.6 Å². The van der Waals surface area contributed by atoms with Crippen LogP contribution in [-0.4, -0.2) is 30.0 Å². The lowest BCUT2D eigenvalue weighted by atomic mass is 9.64. The smallest absolute Gasteiger partial charge is 0.338 e. The third kappa shape index (κ3) is 2.61. The average molecular weight is 385 g/mol. The first-order valence-electron chi connectivity index (χ1n) is 9.65. The first-order valence-corrected chi connectivity index (χ1v) is 9.65. The van der Waals surface area contributed by atoms with Crippen LogP contribution >= 0.6 is 0 Å². The Balaban J connectivity index is 1.78. The minimum Gasteiger partial charge on any atom is -0.462 e. The summed E-state index contributed by atoms with van der Waals surface area (Å²) in [7, 11) is 0. The van der Waals surface area contributed by atoms with Gasteiger partial charge in [-0.15, -0.1) is 0 Å². The van der Waals surface area contributed by atoms with Gasteiger partial charge in [0.2, 0.25) is 17.5 Å². The molecule has 2 bridgehead atoms. The minimum atomic E-state index is -1.34. The van der Waals surface area contributed by atoms with Crippen LogP contribution in [0.3, 0.4) is 0 Å². The van der Waals surface area contributed by atoms with Crippen molar-refractivity contribution in [2.45, 2.75) is 47.5 Å². The van der Waals surface area contributed by atoms with E-state index in [0.717, 1.165) is 0 Å². The van der Waals surface area contributed by atoms with Gasteiger partial charge >= 0.3 is 5.97 Å². The van der Waals surface area contributed by atoms with E-state index in [2.05, 4.69) is 5.32 Å². The van der Waals surface area contributed by atoms with Crippen molar-refractivity contribution in [1.29, 1.82) is 0 Å². The van der Waals surface area contributed by atoms with Crippen molar-refractivity contribution >= 4 is 29.1 Å². The van der Waals surface area contributed by atoms with Crippen LogP contribution in [0.5, 0.6) is 0 Å². The molecule has 0 spiro atoms. The Morgan fingerprint density at radius 3 is 2.14 bits per heavy atom. The molecule has 3 rings (SSSR count). The molecule has 6 heteroatoms. The molecule has 0 aromatic heterocycles. The molecule has 0 heterocycles. The van der Waals surface area contributed by atoms with Gasteiger partial charge in [0, 0.05) is 11.1 Å². The number of carbonyl (C=O) groups is 4. The highest BCUT2D eigenvalue weighted by molar-refractivity contribution is 6.49. The monoisotopic (exact) mass is 385 g/mol. The second kappa shape index (κ2) is 6.54. The number of hydrogen-bond acceptors (Lipinski definition) is 5. The highest BCUT2D eigenvalue weighted by atomic mass is 16.5. The summed E-state index contributed by atoms with van der Waals surface area (Å²) in [5.74, 6) is -1.66. The molecule has 28 heavy (non-hydrogen) atoms. The maximum absolute atomic E-state index is 13.1. The fraction of sp³-hybridized carbons (Fsp3) is 0.545. The van der Waals surface area contributed by atoms with Crippen LogP contribution in [0.25, 0.3) is 0 Å². The molecule has 2 atom stereocenters. The van der Waals surface area contributed by atoms with Gasteiger partial charge in [0.1, 0.15) is 5.41 Å². The summed E-state index contributed by atoms with van der Waals surface area (Å²) < 4.78 is 5.19. The standard InChI is InChI=1S/C22H27NO5/c1-13(2)12-28-18(26)14-6-8-15(9-7-14)23-19(27)22-11-10-21(5,20(22,3)4)16(24)17(22)25/h6-9,13H,10-12H2,1-5H3,(H,23,27). The van der Waals surface area contributed by atoms with E-state index < -0.39 is 39.7 Å². The van der Waals surface area contributed by atoms with Crippen molar-refractivity contribution < 1.29 is 23.9 Å². The van der Waals surface area contributed by atoms with Crippen molar-refractivity contribution in [3.63, 3.8) is 0 Å². The van der Waals surface area contributed by atoms with Gasteiger partial charge in [-0.3, -0.25) is 14.4 Å². The Bertz CT molecular complexity index is 854. The van der Waals surface area contributed by atoms with E-state index in [4.69, 9.17) is 4.74 Å². The Labute approximate surface area is 165 Å². The van der Waals surface area contributed by atoms with E-state index >= 15 is 0 Å². The van der Waals surface area contributed by atoms with Crippen LogP contribution in [0.4, 0.5) is 5.69 Å². The summed E-state index contributed by atoms with van der Waals surface area (Å²) >= 11 is 0. The first kappa shape index (κ1) is 20.2. The Hall–Kier alpha value is -2.50. The Kier molecular flexibility index (Phi) is 4.72. The first-order chi connectivity index (χ1) is 13.0. The molecule has 1 aromatic rings. The third-order valence-electron chi connectivity index (χ3n) is 6.86. The number of nitrogens with one attached hydrogen (secondary N) is 1. The van der Waals surface area contributed by atoms with Crippen molar-refractivity contribution in [3.8, 4) is 0 Å². The van der Waals surface area contributed by atoms with Crippen LogP contribution in [0.1, 0.15) is 57.8 Å². The van der Waals surface area contributed by atoms with Crippen LogP contribution in [0.15, 0.2) is 24.3 Å². The summed E-state index contributed by atoms with van der Waals surface area (Å²) in [5, 5.41) is 2.78. The van der Waals surface area contributed by atoms with Crippen molar-refractivity contribution in [2.24, 2.45) is 22.2 Å². The third-order valence-corrected chi connectivity index (χ3v) is 6.86. The lowest BCUT2D eigenvalue weighted by Gasteiger charge is -2.37. The molecule has 2 unspecified atom stereocenters. The largest absolute Gasteiger partial charge is 0.462 e. The van der Waals surface area contributed by atoms with Gasteiger partial charge in [-0.25, -0.2) is 4.79 Å². The average Bonchev–Trinajstić information content (AvgIpc) is 2.92. The SMILES string of the molecule is CC(C)COC(=O)c1ccc(NC(=O)C23CCC(C)(C(=O)C2=O)C3(C)C)cc1. The molecule has 150 valence electrons. The number of esters is 1. The maximum Gasteiger partial charge on any atom is 0.338 e. The van der Waals surface area contributed by atoms with Gasteiger partial charge in [0.25, 0.3) is 0 Å². The van der Waals surface area contributed by atoms with Crippen LogP contribution in [-0.2, 0) is 19.1 Å². The topological polar surface area (TPSA) is 89.5 Å². The normalized spacial score (nSPS) is 27.9. The summed E-state index contributed by atoms with van der Waals surface area (Å²) in [6.07, 6.45) is 0.894. The molecule has 0 aliphatic heterocycles. The number of benzene rings is 1. The fourth-order valence-electron chi connectivity index (χ4n) is 4.53. The number of hydrogen-bond donors (Lipinski definition) is 1. The predicted molar refractivity (Wildman–Crippen MR) is 104 cm³/mol. The molecule has 2 aliphatic rings. The number of ether oxygens (including phenoxy) is 1. The number of anilines is 1. The van der Waals surface area contributed by atoms with Gasteiger partial charge < -0.3 is 10.1 Å². The van der Waals surface area contributed by atoms with Gasteiger partial charge in [0.05, 0.1) is 12.2 Å². The lowest BCUT2D eigenvalue weighted by Crippen LogP contribution is -2.47. The number of Topliss-reactive ketones (excluding diaryl/α,β-unsaturated/α-hetero) is 2. The van der Waals surface area contributed by atoms with E-state index in [1.54, 1.807) is 31.2 Å². The molecule has 1 amide bonds. The number of carbonyl (C=O) groups excluding carboxylic acids is 4. The van der Waals surface area contributed by atoms with Gasteiger partial charge in [-0.05, 0) is 48.4 Å². The van der Waals surface area contributed by atoms with Crippen LogP contribution in [0, 0.1) is 22.2 Å². The molecule has 2 saturated carbocycles. The van der Waals surface area contributed by atoms with E-state index in [0.29, 0.717) is 30.7 Å². The predicted octanol–water partition coefficient (Wildman–Crippen LogP) is 3.40. The van der Waals surface area contributed by atoms with E-state index in [9.17, 15) is 19.2 Å². The highest BCUT2D eigenvalue weighted by Crippen LogP contribution is 2.69. The summed E-state index contributed by atoms with van der Waals surface area (Å²) in [5.41, 5.74) is -2.04. The second-order valence-corrected chi connectivity index (χ2v) is 9.04. The second-order valence-electron chi connectivity index (χ2n) is 9.04. The molecule has 0 radical (unpaired) electrons.